The maximum Gasteiger partial charge on any atom is 0.328 e. The van der Waals surface area contributed by atoms with Crippen molar-refractivity contribution < 1.29 is 14.7 Å². The molecule has 1 fully saturated rings. The zero-order chi connectivity index (χ0) is 12.9. The van der Waals surface area contributed by atoms with E-state index in [0.29, 0.717) is 0 Å². The van der Waals surface area contributed by atoms with E-state index in [1.54, 1.807) is 0 Å². The fraction of sp³-hybridized carbons (Fsp3) is 0.667. The van der Waals surface area contributed by atoms with E-state index in [4.69, 9.17) is 5.11 Å². The van der Waals surface area contributed by atoms with E-state index in [-0.39, 0.29) is 23.9 Å². The van der Waals surface area contributed by atoms with Gasteiger partial charge in [0.05, 0.1) is 6.04 Å². The predicted molar refractivity (Wildman–Crippen MR) is 64.6 cm³/mol. The molecule has 1 aliphatic heterocycles. The molecule has 1 heterocycles. The number of carboxylic acid groups (broad SMARTS) is 1. The van der Waals surface area contributed by atoms with Gasteiger partial charge in [0.2, 0.25) is 5.91 Å². The standard InChI is InChI=1S/C12H20N2O3/c1-12(2)6-4-8-13-10(12)11(17)14-7-3-5-9(15)16/h3,5,10,13H,4,6-8H2,1-2H3,(H,14,17)(H,15,16)/b5-3+. The third kappa shape index (κ3) is 4.19. The summed E-state index contributed by atoms with van der Waals surface area (Å²) in [5.41, 5.74) is -0.0567. The second kappa shape index (κ2) is 5.82. The molecule has 0 aliphatic carbocycles. The molecule has 1 unspecified atom stereocenters. The van der Waals surface area contributed by atoms with Gasteiger partial charge in [-0.15, -0.1) is 0 Å². The number of amides is 1. The molecule has 1 amide bonds. The average Bonchev–Trinajstić information content (AvgIpc) is 2.23. The minimum absolute atomic E-state index is 0.0567. The number of hydrogen-bond acceptors (Lipinski definition) is 3. The van der Waals surface area contributed by atoms with Gasteiger partial charge in [0, 0.05) is 12.6 Å². The highest BCUT2D eigenvalue weighted by Gasteiger charge is 2.36. The molecule has 0 radical (unpaired) electrons. The SMILES string of the molecule is CC1(C)CCCNC1C(=O)NC/C=C/C(=O)O. The summed E-state index contributed by atoms with van der Waals surface area (Å²) in [5.74, 6) is -1.07. The highest BCUT2D eigenvalue weighted by atomic mass is 16.4. The average molecular weight is 240 g/mol. The minimum Gasteiger partial charge on any atom is -0.478 e. The van der Waals surface area contributed by atoms with Crippen molar-refractivity contribution in [3.63, 3.8) is 0 Å². The Morgan fingerprint density at radius 1 is 1.53 bits per heavy atom. The van der Waals surface area contributed by atoms with E-state index in [1.165, 1.54) is 6.08 Å². The van der Waals surface area contributed by atoms with Crippen molar-refractivity contribution in [3.8, 4) is 0 Å². The summed E-state index contributed by atoms with van der Waals surface area (Å²) in [4.78, 5) is 22.1. The van der Waals surface area contributed by atoms with Crippen LogP contribution in [0.2, 0.25) is 0 Å². The third-order valence-corrected chi connectivity index (χ3v) is 3.04. The molecule has 0 bridgehead atoms. The Balaban J connectivity index is 2.43. The molecule has 0 aromatic carbocycles. The molecular formula is C12H20N2O3. The van der Waals surface area contributed by atoms with Gasteiger partial charge < -0.3 is 15.7 Å². The summed E-state index contributed by atoms with van der Waals surface area (Å²) in [7, 11) is 0. The van der Waals surface area contributed by atoms with Crippen LogP contribution in [0.25, 0.3) is 0 Å². The Labute approximate surface area is 101 Å². The van der Waals surface area contributed by atoms with Gasteiger partial charge in [-0.2, -0.15) is 0 Å². The highest BCUT2D eigenvalue weighted by Crippen LogP contribution is 2.29. The van der Waals surface area contributed by atoms with Crippen molar-refractivity contribution in [3.05, 3.63) is 12.2 Å². The van der Waals surface area contributed by atoms with Crippen LogP contribution in [-0.2, 0) is 9.59 Å². The largest absolute Gasteiger partial charge is 0.478 e. The molecule has 17 heavy (non-hydrogen) atoms. The van der Waals surface area contributed by atoms with Gasteiger partial charge in [0.25, 0.3) is 0 Å². The van der Waals surface area contributed by atoms with Crippen molar-refractivity contribution in [1.29, 1.82) is 0 Å². The van der Waals surface area contributed by atoms with E-state index in [1.807, 2.05) is 0 Å². The summed E-state index contributed by atoms with van der Waals surface area (Å²) in [6.07, 6.45) is 4.55. The Hall–Kier alpha value is -1.36. The first-order valence-electron chi connectivity index (χ1n) is 5.84. The topological polar surface area (TPSA) is 78.4 Å². The van der Waals surface area contributed by atoms with Crippen LogP contribution in [0.1, 0.15) is 26.7 Å². The van der Waals surface area contributed by atoms with Crippen LogP contribution in [0.3, 0.4) is 0 Å². The Morgan fingerprint density at radius 3 is 2.82 bits per heavy atom. The van der Waals surface area contributed by atoms with Gasteiger partial charge in [0.1, 0.15) is 0 Å². The van der Waals surface area contributed by atoms with Crippen LogP contribution in [0.4, 0.5) is 0 Å². The van der Waals surface area contributed by atoms with E-state index in [0.717, 1.165) is 25.5 Å². The fourth-order valence-electron chi connectivity index (χ4n) is 2.08. The number of carbonyl (C=O) groups excluding carboxylic acids is 1. The molecule has 3 N–H and O–H groups in total. The van der Waals surface area contributed by atoms with E-state index >= 15 is 0 Å². The third-order valence-electron chi connectivity index (χ3n) is 3.04. The van der Waals surface area contributed by atoms with Crippen LogP contribution >= 0.6 is 0 Å². The molecule has 0 saturated carbocycles. The molecule has 1 rings (SSSR count). The summed E-state index contributed by atoms with van der Waals surface area (Å²) in [6, 6.07) is -0.200. The molecule has 0 aromatic heterocycles. The molecule has 0 spiro atoms. The zero-order valence-corrected chi connectivity index (χ0v) is 10.3. The Bertz CT molecular complexity index is 324. The van der Waals surface area contributed by atoms with Crippen LogP contribution < -0.4 is 10.6 Å². The van der Waals surface area contributed by atoms with Crippen molar-refractivity contribution in [2.45, 2.75) is 32.7 Å². The molecule has 96 valence electrons. The second-order valence-electron chi connectivity index (χ2n) is 4.97. The Morgan fingerprint density at radius 2 is 2.24 bits per heavy atom. The molecule has 1 atom stereocenters. The normalized spacial score (nSPS) is 23.5. The molecule has 1 saturated heterocycles. The first-order valence-corrected chi connectivity index (χ1v) is 5.84. The lowest BCUT2D eigenvalue weighted by molar-refractivity contribution is -0.131. The lowest BCUT2D eigenvalue weighted by atomic mass is 9.77. The minimum atomic E-state index is -1.00. The molecular weight excluding hydrogens is 220 g/mol. The quantitative estimate of drug-likeness (QED) is 0.626. The summed E-state index contributed by atoms with van der Waals surface area (Å²) in [6.45, 7) is 5.23. The van der Waals surface area contributed by atoms with Crippen molar-refractivity contribution in [2.75, 3.05) is 13.1 Å². The van der Waals surface area contributed by atoms with Gasteiger partial charge in [-0.1, -0.05) is 19.9 Å². The second-order valence-corrected chi connectivity index (χ2v) is 4.97. The van der Waals surface area contributed by atoms with Crippen LogP contribution in [0, 0.1) is 5.41 Å². The van der Waals surface area contributed by atoms with Gasteiger partial charge in [-0.3, -0.25) is 4.79 Å². The number of aliphatic carboxylic acids is 1. The monoisotopic (exact) mass is 240 g/mol. The first-order chi connectivity index (χ1) is 7.93. The van der Waals surface area contributed by atoms with Gasteiger partial charge in [-0.05, 0) is 24.8 Å². The zero-order valence-electron chi connectivity index (χ0n) is 10.3. The lowest BCUT2D eigenvalue weighted by Gasteiger charge is -2.38. The van der Waals surface area contributed by atoms with Crippen LogP contribution in [0.15, 0.2) is 12.2 Å². The summed E-state index contributed by atoms with van der Waals surface area (Å²) in [5, 5.41) is 14.3. The van der Waals surface area contributed by atoms with E-state index in [9.17, 15) is 9.59 Å². The van der Waals surface area contributed by atoms with E-state index in [2.05, 4.69) is 24.5 Å². The maximum atomic E-state index is 11.9. The van der Waals surface area contributed by atoms with E-state index < -0.39 is 5.97 Å². The maximum absolute atomic E-state index is 11.9. The van der Waals surface area contributed by atoms with Gasteiger partial charge in [0.15, 0.2) is 0 Å². The molecule has 1 aliphatic rings. The smallest absolute Gasteiger partial charge is 0.328 e. The van der Waals surface area contributed by atoms with Crippen molar-refractivity contribution >= 4 is 11.9 Å². The predicted octanol–water partition coefficient (Wildman–Crippen LogP) is 0.522. The first kappa shape index (κ1) is 13.7. The van der Waals surface area contributed by atoms with Gasteiger partial charge in [-0.25, -0.2) is 4.79 Å². The lowest BCUT2D eigenvalue weighted by Crippen LogP contribution is -2.55. The van der Waals surface area contributed by atoms with Crippen LogP contribution in [-0.4, -0.2) is 36.1 Å². The number of rotatable bonds is 4. The fourth-order valence-corrected chi connectivity index (χ4v) is 2.08. The molecule has 5 heteroatoms. The number of nitrogens with one attached hydrogen (secondary N) is 2. The molecule has 5 nitrogen and oxygen atoms in total. The number of carbonyl (C=O) groups is 2. The summed E-state index contributed by atoms with van der Waals surface area (Å²) < 4.78 is 0. The van der Waals surface area contributed by atoms with Gasteiger partial charge >= 0.3 is 5.97 Å². The van der Waals surface area contributed by atoms with Crippen molar-refractivity contribution in [2.24, 2.45) is 5.41 Å². The molecule has 0 aromatic rings. The van der Waals surface area contributed by atoms with Crippen LogP contribution in [0.5, 0.6) is 0 Å². The number of piperidine rings is 1. The number of carboxylic acids is 1. The highest BCUT2D eigenvalue weighted by molar-refractivity contribution is 5.83. The van der Waals surface area contributed by atoms with Crippen molar-refractivity contribution in [1.82, 2.24) is 10.6 Å². The Kier molecular flexibility index (Phi) is 4.69. The summed E-state index contributed by atoms with van der Waals surface area (Å²) >= 11 is 0. The number of hydrogen-bond donors (Lipinski definition) is 3.